The Morgan fingerprint density at radius 3 is 2.41 bits per heavy atom. The van der Waals surface area contributed by atoms with Crippen LogP contribution in [0, 0.1) is 5.92 Å². The molecule has 2 amide bonds. The molecule has 1 N–H and O–H groups in total. The molecule has 1 heterocycles. The molecule has 0 saturated carbocycles. The van der Waals surface area contributed by atoms with Crippen LogP contribution < -0.4 is 10.1 Å². The Bertz CT molecular complexity index is 803. The van der Waals surface area contributed by atoms with Gasteiger partial charge in [-0.15, -0.1) is 0 Å². The van der Waals surface area contributed by atoms with Gasteiger partial charge in [-0.05, 0) is 56.0 Å². The fraction of sp³-hybridized carbons (Fsp3) is 0.391. The first kappa shape index (κ1) is 21.2. The molecule has 5 nitrogen and oxygen atoms in total. The van der Waals surface area contributed by atoms with Crippen molar-refractivity contribution >= 4 is 23.4 Å². The predicted molar refractivity (Wildman–Crippen MR) is 114 cm³/mol. The summed E-state index contributed by atoms with van der Waals surface area (Å²) in [5, 5.41) is 3.81. The smallest absolute Gasteiger partial charge is 0.260 e. The van der Waals surface area contributed by atoms with Crippen LogP contribution in [0.15, 0.2) is 54.6 Å². The monoisotopic (exact) mass is 414 g/mol. The molecule has 154 valence electrons. The van der Waals surface area contributed by atoms with Gasteiger partial charge in [0.2, 0.25) is 5.91 Å². The summed E-state index contributed by atoms with van der Waals surface area (Å²) in [5.74, 6) is 0.662. The number of amides is 2. The Hall–Kier alpha value is -2.53. The summed E-state index contributed by atoms with van der Waals surface area (Å²) < 4.78 is 5.53. The maximum absolute atomic E-state index is 12.6. The maximum atomic E-state index is 12.6. The first-order chi connectivity index (χ1) is 14.0. The van der Waals surface area contributed by atoms with Crippen molar-refractivity contribution in [2.45, 2.75) is 32.2 Å². The van der Waals surface area contributed by atoms with Crippen LogP contribution in [0.5, 0.6) is 5.75 Å². The standard InChI is InChI=1S/C23H27ClN2O3/c1-17(15-18-7-9-20(24)10-8-18)25-23(28)19-11-13-26(14-12-19)22(27)16-29-21-5-3-2-4-6-21/h2-10,17,19H,11-16H2,1H3,(H,25,28)/t17-/m0/s1. The zero-order valence-corrected chi connectivity index (χ0v) is 17.4. The van der Waals surface area contributed by atoms with Crippen LogP contribution in [0.4, 0.5) is 0 Å². The van der Waals surface area contributed by atoms with Gasteiger partial charge in [0.1, 0.15) is 5.75 Å². The maximum Gasteiger partial charge on any atom is 0.260 e. The van der Waals surface area contributed by atoms with Gasteiger partial charge in [0.25, 0.3) is 5.91 Å². The van der Waals surface area contributed by atoms with Crippen LogP contribution >= 0.6 is 11.6 Å². The van der Waals surface area contributed by atoms with Crippen LogP contribution in [0.25, 0.3) is 0 Å². The highest BCUT2D eigenvalue weighted by Crippen LogP contribution is 2.19. The fourth-order valence-electron chi connectivity index (χ4n) is 3.53. The van der Waals surface area contributed by atoms with Gasteiger partial charge in [0.15, 0.2) is 6.61 Å². The second kappa shape index (κ2) is 10.3. The van der Waals surface area contributed by atoms with Crippen LogP contribution in [0.3, 0.4) is 0 Å². The number of para-hydroxylation sites is 1. The van der Waals surface area contributed by atoms with E-state index in [-0.39, 0.29) is 30.4 Å². The molecule has 2 aromatic rings. The van der Waals surface area contributed by atoms with E-state index in [2.05, 4.69) is 5.32 Å². The number of nitrogens with zero attached hydrogens (tertiary/aromatic N) is 1. The lowest BCUT2D eigenvalue weighted by Gasteiger charge is -2.32. The van der Waals surface area contributed by atoms with E-state index in [0.29, 0.717) is 36.7 Å². The van der Waals surface area contributed by atoms with E-state index >= 15 is 0 Å². The van der Waals surface area contributed by atoms with Crippen molar-refractivity contribution in [2.24, 2.45) is 5.92 Å². The minimum absolute atomic E-state index is 0.0268. The number of likely N-dealkylation sites (tertiary alicyclic amines) is 1. The van der Waals surface area contributed by atoms with Crippen molar-refractivity contribution in [1.82, 2.24) is 10.2 Å². The summed E-state index contributed by atoms with van der Waals surface area (Å²) in [5.41, 5.74) is 1.14. The lowest BCUT2D eigenvalue weighted by molar-refractivity contribution is -0.137. The number of carbonyl (C=O) groups excluding carboxylic acids is 2. The molecule has 0 aromatic heterocycles. The van der Waals surface area contributed by atoms with Gasteiger partial charge in [0.05, 0.1) is 0 Å². The van der Waals surface area contributed by atoms with Crippen LogP contribution in [-0.2, 0) is 16.0 Å². The number of hydrogen-bond donors (Lipinski definition) is 1. The first-order valence-electron chi connectivity index (χ1n) is 10.0. The molecule has 1 fully saturated rings. The number of hydrogen-bond acceptors (Lipinski definition) is 3. The van der Waals surface area contributed by atoms with Crippen LogP contribution in [-0.4, -0.2) is 42.5 Å². The molecule has 6 heteroatoms. The van der Waals surface area contributed by atoms with E-state index in [9.17, 15) is 9.59 Å². The van der Waals surface area contributed by atoms with Gasteiger partial charge in [-0.25, -0.2) is 0 Å². The number of carbonyl (C=O) groups is 2. The zero-order valence-electron chi connectivity index (χ0n) is 16.6. The molecule has 2 aromatic carbocycles. The molecule has 1 atom stereocenters. The van der Waals surface area contributed by atoms with Gasteiger partial charge in [-0.3, -0.25) is 9.59 Å². The van der Waals surface area contributed by atoms with E-state index < -0.39 is 0 Å². The Labute approximate surface area is 177 Å². The summed E-state index contributed by atoms with van der Waals surface area (Å²) in [6, 6.07) is 17.0. The molecule has 3 rings (SSSR count). The fourth-order valence-corrected chi connectivity index (χ4v) is 3.66. The molecular weight excluding hydrogens is 388 g/mol. The largest absolute Gasteiger partial charge is 0.484 e. The van der Waals surface area contributed by atoms with Crippen molar-refractivity contribution in [3.63, 3.8) is 0 Å². The van der Waals surface area contributed by atoms with Crippen molar-refractivity contribution in [2.75, 3.05) is 19.7 Å². The highest BCUT2D eigenvalue weighted by atomic mass is 35.5. The first-order valence-corrected chi connectivity index (χ1v) is 10.4. The third-order valence-corrected chi connectivity index (χ3v) is 5.42. The zero-order chi connectivity index (χ0) is 20.6. The van der Waals surface area contributed by atoms with E-state index in [0.717, 1.165) is 12.0 Å². The van der Waals surface area contributed by atoms with Crippen molar-refractivity contribution in [3.05, 3.63) is 65.2 Å². The average molecular weight is 415 g/mol. The molecule has 1 saturated heterocycles. The molecule has 0 radical (unpaired) electrons. The summed E-state index contributed by atoms with van der Waals surface area (Å²) in [6.45, 7) is 3.20. The van der Waals surface area contributed by atoms with Crippen molar-refractivity contribution in [1.29, 1.82) is 0 Å². The molecule has 0 aliphatic carbocycles. The van der Waals surface area contributed by atoms with E-state index in [4.69, 9.17) is 16.3 Å². The highest BCUT2D eigenvalue weighted by molar-refractivity contribution is 6.30. The van der Waals surface area contributed by atoms with Gasteiger partial charge in [-0.1, -0.05) is 41.9 Å². The molecule has 29 heavy (non-hydrogen) atoms. The number of ether oxygens (including phenoxy) is 1. The molecule has 0 unspecified atom stereocenters. The van der Waals surface area contributed by atoms with Gasteiger partial charge >= 0.3 is 0 Å². The Morgan fingerprint density at radius 1 is 1.10 bits per heavy atom. The Kier molecular flexibility index (Phi) is 7.53. The third-order valence-electron chi connectivity index (χ3n) is 5.17. The third kappa shape index (κ3) is 6.50. The number of nitrogens with one attached hydrogen (secondary N) is 1. The molecule has 0 bridgehead atoms. The molecule has 1 aliphatic heterocycles. The summed E-state index contributed by atoms with van der Waals surface area (Å²) >= 11 is 5.91. The SMILES string of the molecule is C[C@@H](Cc1ccc(Cl)cc1)NC(=O)C1CCN(C(=O)COc2ccccc2)CC1. The van der Waals surface area contributed by atoms with Gasteiger partial charge in [-0.2, -0.15) is 0 Å². The second-order valence-electron chi connectivity index (χ2n) is 7.50. The van der Waals surface area contributed by atoms with Gasteiger partial charge in [0, 0.05) is 30.1 Å². The summed E-state index contributed by atoms with van der Waals surface area (Å²) in [6.07, 6.45) is 2.12. The van der Waals surface area contributed by atoms with Crippen molar-refractivity contribution < 1.29 is 14.3 Å². The molecule has 0 spiro atoms. The van der Waals surface area contributed by atoms with Gasteiger partial charge < -0.3 is 15.0 Å². The van der Waals surface area contributed by atoms with Crippen LogP contribution in [0.1, 0.15) is 25.3 Å². The predicted octanol–water partition coefficient (Wildman–Crippen LogP) is 3.70. The number of piperidine rings is 1. The van der Waals surface area contributed by atoms with E-state index in [1.54, 1.807) is 4.90 Å². The molecule has 1 aliphatic rings. The van der Waals surface area contributed by atoms with E-state index in [1.807, 2.05) is 61.5 Å². The van der Waals surface area contributed by atoms with Crippen molar-refractivity contribution in [3.8, 4) is 5.75 Å². The Balaban J connectivity index is 1.39. The number of benzene rings is 2. The lowest BCUT2D eigenvalue weighted by atomic mass is 9.95. The van der Waals surface area contributed by atoms with Crippen LogP contribution in [0.2, 0.25) is 5.02 Å². The quantitative estimate of drug-likeness (QED) is 0.751. The highest BCUT2D eigenvalue weighted by Gasteiger charge is 2.28. The second-order valence-corrected chi connectivity index (χ2v) is 7.93. The Morgan fingerprint density at radius 2 is 1.76 bits per heavy atom. The van der Waals surface area contributed by atoms with E-state index in [1.165, 1.54) is 0 Å². The summed E-state index contributed by atoms with van der Waals surface area (Å²) in [7, 11) is 0. The minimum Gasteiger partial charge on any atom is -0.484 e. The number of rotatable bonds is 7. The normalized spacial score (nSPS) is 15.6. The topological polar surface area (TPSA) is 58.6 Å². The summed E-state index contributed by atoms with van der Waals surface area (Å²) in [4.78, 5) is 26.7. The minimum atomic E-state index is -0.0539. The molecular formula is C23H27ClN2O3. The number of halogens is 1. The lowest BCUT2D eigenvalue weighted by Crippen LogP contribution is -2.46. The average Bonchev–Trinajstić information content (AvgIpc) is 2.74.